The lowest BCUT2D eigenvalue weighted by Crippen LogP contribution is -2.48. The molecule has 1 saturated heterocycles. The van der Waals surface area contributed by atoms with Crippen molar-refractivity contribution in [3.05, 3.63) is 52.8 Å². The number of nitrogens with one attached hydrogen (secondary N) is 1. The molecule has 1 atom stereocenters. The van der Waals surface area contributed by atoms with Crippen LogP contribution in [0.15, 0.2) is 30.5 Å². The smallest absolute Gasteiger partial charge is 0.219 e. The Bertz CT molecular complexity index is 1210. The van der Waals surface area contributed by atoms with Crippen molar-refractivity contribution < 1.29 is 4.79 Å². The number of piperazine rings is 1. The quantitative estimate of drug-likeness (QED) is 0.604. The fourth-order valence-corrected chi connectivity index (χ4v) is 4.03. The first-order valence-corrected chi connectivity index (χ1v) is 10.5. The summed E-state index contributed by atoms with van der Waals surface area (Å²) in [7, 11) is 0. The third kappa shape index (κ3) is 4.05. The average Bonchev–Trinajstić information content (AvgIpc) is 2.81. The van der Waals surface area contributed by atoms with Gasteiger partial charge in [0.1, 0.15) is 12.0 Å². The summed E-state index contributed by atoms with van der Waals surface area (Å²) >= 11 is 0. The van der Waals surface area contributed by atoms with E-state index in [9.17, 15) is 10.1 Å². The maximum atomic E-state index is 11.6. The van der Waals surface area contributed by atoms with Crippen LogP contribution in [0.1, 0.15) is 35.5 Å². The number of aromatic nitrogens is 3. The molecule has 164 valence electrons. The molecule has 3 aromatic rings. The molecule has 0 unspecified atom stereocenters. The highest BCUT2D eigenvalue weighted by molar-refractivity contribution is 5.94. The lowest BCUT2D eigenvalue weighted by molar-refractivity contribution is -0.129. The minimum absolute atomic E-state index is 0.0956. The molecule has 2 aromatic heterocycles. The van der Waals surface area contributed by atoms with E-state index in [-0.39, 0.29) is 5.91 Å². The van der Waals surface area contributed by atoms with E-state index in [0.717, 1.165) is 46.5 Å². The number of nitriles is 1. The van der Waals surface area contributed by atoms with Gasteiger partial charge in [0, 0.05) is 50.1 Å². The Labute approximate surface area is 186 Å². The molecule has 3 N–H and O–H groups in total. The van der Waals surface area contributed by atoms with Crippen LogP contribution < -0.4 is 16.0 Å². The number of nitrogens with two attached hydrogens (primary N) is 1. The van der Waals surface area contributed by atoms with Crippen molar-refractivity contribution in [1.82, 2.24) is 20.1 Å². The summed E-state index contributed by atoms with van der Waals surface area (Å²) in [6.07, 6.45) is 1.25. The standard InChI is InChI=1S/C23H26N8O/c1-14-17(12-24)5-4-6-18(14)22(25)27-23-19-11-21(26-13-20(19)15(2)28-29-23)31-9-7-30(8-10-31)16(3)32/h4-6,11,13,22H,7-10,25H2,1-3H3,(H,27,29)/t22-/m0/s1. The molecular weight excluding hydrogens is 404 g/mol. The predicted molar refractivity (Wildman–Crippen MR) is 123 cm³/mol. The van der Waals surface area contributed by atoms with Gasteiger partial charge in [-0.25, -0.2) is 4.98 Å². The van der Waals surface area contributed by atoms with Gasteiger partial charge < -0.3 is 20.9 Å². The van der Waals surface area contributed by atoms with Crippen LogP contribution in [0.5, 0.6) is 0 Å². The van der Waals surface area contributed by atoms with Crippen LogP contribution >= 0.6 is 0 Å². The second-order valence-corrected chi connectivity index (χ2v) is 7.97. The minimum Gasteiger partial charge on any atom is -0.353 e. The van der Waals surface area contributed by atoms with Crippen molar-refractivity contribution in [2.24, 2.45) is 5.73 Å². The maximum absolute atomic E-state index is 11.6. The molecule has 32 heavy (non-hydrogen) atoms. The van der Waals surface area contributed by atoms with Gasteiger partial charge in [-0.1, -0.05) is 12.1 Å². The van der Waals surface area contributed by atoms with E-state index >= 15 is 0 Å². The van der Waals surface area contributed by atoms with Gasteiger partial charge in [-0.2, -0.15) is 10.4 Å². The number of pyridine rings is 1. The summed E-state index contributed by atoms with van der Waals surface area (Å²) in [6, 6.07) is 9.69. The topological polar surface area (TPSA) is 124 Å². The molecule has 1 aliphatic rings. The van der Waals surface area contributed by atoms with Gasteiger partial charge in [0.25, 0.3) is 0 Å². The van der Waals surface area contributed by atoms with Crippen LogP contribution in [0, 0.1) is 25.2 Å². The number of amides is 1. The molecule has 9 heteroatoms. The molecule has 1 aliphatic heterocycles. The Kier molecular flexibility index (Phi) is 5.88. The third-order valence-electron chi connectivity index (χ3n) is 6.01. The Morgan fingerprint density at radius 2 is 1.94 bits per heavy atom. The minimum atomic E-state index is -0.556. The van der Waals surface area contributed by atoms with Crippen LogP contribution in [0.25, 0.3) is 10.8 Å². The summed E-state index contributed by atoms with van der Waals surface area (Å²) in [5, 5.41) is 23.0. The molecule has 0 bridgehead atoms. The number of carbonyl (C=O) groups excluding carboxylic acids is 1. The van der Waals surface area contributed by atoms with E-state index in [1.54, 1.807) is 13.0 Å². The summed E-state index contributed by atoms with van der Waals surface area (Å²) in [6.45, 7) is 8.17. The highest BCUT2D eigenvalue weighted by Gasteiger charge is 2.21. The molecule has 0 saturated carbocycles. The lowest BCUT2D eigenvalue weighted by Gasteiger charge is -2.35. The maximum Gasteiger partial charge on any atom is 0.219 e. The van der Waals surface area contributed by atoms with E-state index in [1.165, 1.54) is 0 Å². The summed E-state index contributed by atoms with van der Waals surface area (Å²) in [5.74, 6) is 1.48. The Morgan fingerprint density at radius 1 is 1.19 bits per heavy atom. The predicted octanol–water partition coefficient (Wildman–Crippen LogP) is 2.25. The van der Waals surface area contributed by atoms with Crippen LogP contribution in [-0.4, -0.2) is 52.2 Å². The molecular formula is C23H26N8O. The number of fused-ring (bicyclic) bond motifs is 1. The van der Waals surface area contributed by atoms with Crippen LogP contribution in [0.4, 0.5) is 11.6 Å². The molecule has 0 spiro atoms. The van der Waals surface area contributed by atoms with E-state index in [1.807, 2.05) is 43.1 Å². The normalized spacial score (nSPS) is 14.8. The molecule has 1 amide bonds. The van der Waals surface area contributed by atoms with Crippen LogP contribution in [0.3, 0.4) is 0 Å². The highest BCUT2D eigenvalue weighted by Crippen LogP contribution is 2.29. The molecule has 9 nitrogen and oxygen atoms in total. The summed E-state index contributed by atoms with van der Waals surface area (Å²) < 4.78 is 0. The monoisotopic (exact) mass is 430 g/mol. The molecule has 4 rings (SSSR count). The number of anilines is 2. The van der Waals surface area contributed by atoms with Crippen LogP contribution in [0.2, 0.25) is 0 Å². The van der Waals surface area contributed by atoms with Crippen molar-refractivity contribution >= 4 is 28.3 Å². The fourth-order valence-electron chi connectivity index (χ4n) is 4.03. The number of hydrogen-bond acceptors (Lipinski definition) is 8. The van der Waals surface area contributed by atoms with Crippen molar-refractivity contribution in [1.29, 1.82) is 5.26 Å². The van der Waals surface area contributed by atoms with Gasteiger partial charge in [0.05, 0.1) is 17.3 Å². The molecule has 0 aliphatic carbocycles. The van der Waals surface area contributed by atoms with Gasteiger partial charge in [-0.05, 0) is 37.1 Å². The fraction of sp³-hybridized carbons (Fsp3) is 0.348. The van der Waals surface area contributed by atoms with Gasteiger partial charge in [0.2, 0.25) is 5.91 Å². The van der Waals surface area contributed by atoms with E-state index in [0.29, 0.717) is 24.5 Å². The molecule has 3 heterocycles. The Morgan fingerprint density at radius 3 is 2.62 bits per heavy atom. The first-order valence-electron chi connectivity index (χ1n) is 10.5. The zero-order chi connectivity index (χ0) is 22.8. The van der Waals surface area contributed by atoms with Crippen molar-refractivity contribution in [2.45, 2.75) is 26.9 Å². The van der Waals surface area contributed by atoms with Gasteiger partial charge >= 0.3 is 0 Å². The number of carbonyl (C=O) groups is 1. The second-order valence-electron chi connectivity index (χ2n) is 7.97. The first-order chi connectivity index (χ1) is 15.4. The molecule has 1 fully saturated rings. The Hall–Kier alpha value is -3.77. The van der Waals surface area contributed by atoms with Crippen molar-refractivity contribution in [3.8, 4) is 6.07 Å². The average molecular weight is 431 g/mol. The largest absolute Gasteiger partial charge is 0.353 e. The Balaban J connectivity index is 1.65. The zero-order valence-corrected chi connectivity index (χ0v) is 18.5. The van der Waals surface area contributed by atoms with Gasteiger partial charge in [0.15, 0.2) is 5.82 Å². The number of benzene rings is 1. The third-order valence-corrected chi connectivity index (χ3v) is 6.01. The van der Waals surface area contributed by atoms with E-state index in [2.05, 4.69) is 31.5 Å². The second kappa shape index (κ2) is 8.77. The molecule has 1 aromatic carbocycles. The van der Waals surface area contributed by atoms with Crippen LogP contribution in [-0.2, 0) is 4.79 Å². The number of rotatable bonds is 4. The van der Waals surface area contributed by atoms with Gasteiger partial charge in [-0.3, -0.25) is 4.79 Å². The highest BCUT2D eigenvalue weighted by atomic mass is 16.2. The first kappa shape index (κ1) is 21.5. The SMILES string of the molecule is CC(=O)N1CCN(c2cc3c(N[C@H](N)c4cccc(C#N)c4C)nnc(C)c3cn2)CC1. The van der Waals surface area contributed by atoms with Crippen molar-refractivity contribution in [3.63, 3.8) is 0 Å². The van der Waals surface area contributed by atoms with E-state index in [4.69, 9.17) is 5.73 Å². The van der Waals surface area contributed by atoms with E-state index < -0.39 is 6.17 Å². The summed E-state index contributed by atoms with van der Waals surface area (Å²) in [5.41, 5.74) is 9.49. The number of nitrogens with zero attached hydrogens (tertiary/aromatic N) is 6. The lowest BCUT2D eigenvalue weighted by atomic mass is 10.0. The summed E-state index contributed by atoms with van der Waals surface area (Å²) in [4.78, 5) is 20.3. The van der Waals surface area contributed by atoms with Crippen molar-refractivity contribution in [2.75, 3.05) is 36.4 Å². The van der Waals surface area contributed by atoms with Gasteiger partial charge in [-0.15, -0.1) is 5.10 Å². The number of aryl methyl sites for hydroxylation is 1. The number of hydrogen-bond donors (Lipinski definition) is 2. The molecule has 0 radical (unpaired) electrons. The zero-order valence-electron chi connectivity index (χ0n) is 18.5.